The van der Waals surface area contributed by atoms with E-state index in [1.54, 1.807) is 6.92 Å². The van der Waals surface area contributed by atoms with Crippen molar-refractivity contribution in [2.75, 3.05) is 46.0 Å². The first-order valence-corrected chi connectivity index (χ1v) is 7.51. The molecule has 22 heavy (non-hydrogen) atoms. The third kappa shape index (κ3) is 4.96. The van der Waals surface area contributed by atoms with Crippen LogP contribution in [-0.4, -0.2) is 83.8 Å². The molecule has 0 aliphatic carbocycles. The first-order valence-electron chi connectivity index (χ1n) is 7.51. The van der Waals surface area contributed by atoms with E-state index in [2.05, 4.69) is 0 Å². The van der Waals surface area contributed by atoms with Gasteiger partial charge in [-0.2, -0.15) is 0 Å². The highest BCUT2D eigenvalue weighted by Crippen LogP contribution is 2.18. The van der Waals surface area contributed by atoms with E-state index in [0.717, 1.165) is 4.90 Å². The molecule has 2 amide bonds. The van der Waals surface area contributed by atoms with Crippen molar-refractivity contribution in [2.24, 2.45) is 5.92 Å². The fourth-order valence-corrected chi connectivity index (χ4v) is 2.44. The van der Waals surface area contributed by atoms with E-state index >= 15 is 0 Å². The lowest BCUT2D eigenvalue weighted by Crippen LogP contribution is -2.51. The Morgan fingerprint density at radius 1 is 1.23 bits per heavy atom. The van der Waals surface area contributed by atoms with E-state index in [1.165, 1.54) is 4.90 Å². The molecule has 0 aromatic heterocycles. The van der Waals surface area contributed by atoms with Crippen molar-refractivity contribution in [3.63, 3.8) is 0 Å². The quantitative estimate of drug-likeness (QED) is 0.461. The minimum Gasteiger partial charge on any atom is -0.466 e. The molecular weight excluding hydrogens is 292 g/mol. The number of aliphatic hydroxyl groups is 2. The van der Waals surface area contributed by atoms with E-state index in [1.807, 2.05) is 0 Å². The number of carbonyl (C=O) groups is 3. The highest BCUT2D eigenvalue weighted by atomic mass is 16.5. The van der Waals surface area contributed by atoms with Crippen molar-refractivity contribution >= 4 is 17.8 Å². The first kappa shape index (κ1) is 18.4. The van der Waals surface area contributed by atoms with Crippen LogP contribution in [0, 0.1) is 5.92 Å². The van der Waals surface area contributed by atoms with Gasteiger partial charge in [-0.3, -0.25) is 14.4 Å². The van der Waals surface area contributed by atoms with Gasteiger partial charge in [0.1, 0.15) is 0 Å². The van der Waals surface area contributed by atoms with Crippen molar-refractivity contribution in [3.8, 4) is 0 Å². The molecule has 1 rings (SSSR count). The van der Waals surface area contributed by atoms with Crippen molar-refractivity contribution in [2.45, 2.75) is 19.8 Å². The Morgan fingerprint density at radius 2 is 1.86 bits per heavy atom. The number of likely N-dealkylation sites (tertiary alicyclic amines) is 1. The molecule has 1 aliphatic heterocycles. The molecule has 8 nitrogen and oxygen atoms in total. The normalized spacial score (nSPS) is 18.0. The zero-order chi connectivity index (χ0) is 16.5. The number of amides is 2. The van der Waals surface area contributed by atoms with E-state index in [4.69, 9.17) is 14.9 Å². The Labute approximate surface area is 129 Å². The number of nitrogens with zero attached hydrogens (tertiary/aromatic N) is 2. The SMILES string of the molecule is CCOC(=O)C1CCCN(C(=O)C(=O)N(CCO)CCO)C1. The second kappa shape index (κ2) is 9.37. The Kier molecular flexibility index (Phi) is 7.83. The summed E-state index contributed by atoms with van der Waals surface area (Å²) in [6.07, 6.45) is 1.26. The molecule has 2 N–H and O–H groups in total. The molecule has 0 saturated carbocycles. The summed E-state index contributed by atoms with van der Waals surface area (Å²) in [6.45, 7) is 1.97. The second-order valence-corrected chi connectivity index (χ2v) is 5.08. The number of piperidine rings is 1. The topological polar surface area (TPSA) is 107 Å². The van der Waals surface area contributed by atoms with E-state index in [0.29, 0.717) is 19.4 Å². The van der Waals surface area contributed by atoms with Gasteiger partial charge in [-0.15, -0.1) is 0 Å². The van der Waals surface area contributed by atoms with Crippen LogP contribution in [-0.2, 0) is 19.1 Å². The lowest BCUT2D eigenvalue weighted by Gasteiger charge is -2.32. The molecule has 1 unspecified atom stereocenters. The Balaban J connectivity index is 2.66. The minimum absolute atomic E-state index is 0.0136. The monoisotopic (exact) mass is 316 g/mol. The van der Waals surface area contributed by atoms with Crippen molar-refractivity contribution in [1.29, 1.82) is 0 Å². The van der Waals surface area contributed by atoms with Gasteiger partial charge in [0.25, 0.3) is 0 Å². The zero-order valence-electron chi connectivity index (χ0n) is 12.9. The van der Waals surface area contributed by atoms with E-state index in [-0.39, 0.29) is 45.4 Å². The van der Waals surface area contributed by atoms with Crippen LogP contribution in [0.2, 0.25) is 0 Å². The van der Waals surface area contributed by atoms with Gasteiger partial charge in [0.2, 0.25) is 0 Å². The molecule has 1 heterocycles. The van der Waals surface area contributed by atoms with Crippen LogP contribution >= 0.6 is 0 Å². The van der Waals surface area contributed by atoms with Gasteiger partial charge in [-0.1, -0.05) is 0 Å². The molecule has 1 saturated heterocycles. The number of hydrogen-bond acceptors (Lipinski definition) is 6. The molecule has 0 bridgehead atoms. The van der Waals surface area contributed by atoms with Crippen LogP contribution in [0.4, 0.5) is 0 Å². The van der Waals surface area contributed by atoms with E-state index < -0.39 is 17.7 Å². The number of carbonyl (C=O) groups excluding carboxylic acids is 3. The maximum atomic E-state index is 12.2. The molecule has 1 fully saturated rings. The molecule has 0 aromatic carbocycles. The number of hydrogen-bond donors (Lipinski definition) is 2. The summed E-state index contributed by atoms with van der Waals surface area (Å²) < 4.78 is 4.96. The summed E-state index contributed by atoms with van der Waals surface area (Å²) in [7, 11) is 0. The predicted octanol–water partition coefficient (Wildman–Crippen LogP) is -1.40. The molecule has 1 atom stereocenters. The minimum atomic E-state index is -0.771. The lowest BCUT2D eigenvalue weighted by molar-refractivity contribution is -0.157. The van der Waals surface area contributed by atoms with Gasteiger partial charge in [0, 0.05) is 26.2 Å². The number of ether oxygens (including phenoxy) is 1. The van der Waals surface area contributed by atoms with Crippen LogP contribution < -0.4 is 0 Å². The molecule has 1 aliphatic rings. The highest BCUT2D eigenvalue weighted by Gasteiger charge is 2.33. The van der Waals surface area contributed by atoms with Crippen LogP contribution in [0.5, 0.6) is 0 Å². The Morgan fingerprint density at radius 3 is 2.41 bits per heavy atom. The van der Waals surface area contributed by atoms with Gasteiger partial charge in [-0.25, -0.2) is 0 Å². The van der Waals surface area contributed by atoms with Crippen LogP contribution in [0.3, 0.4) is 0 Å². The molecule has 0 radical (unpaired) electrons. The standard InChI is InChI=1S/C14H24N2O6/c1-2-22-14(21)11-4-3-5-16(10-11)13(20)12(19)15(6-8-17)7-9-18/h11,17-18H,2-10H2,1H3. The molecule has 0 aromatic rings. The predicted molar refractivity (Wildman–Crippen MR) is 76.7 cm³/mol. The lowest BCUT2D eigenvalue weighted by atomic mass is 9.98. The largest absolute Gasteiger partial charge is 0.466 e. The summed E-state index contributed by atoms with van der Waals surface area (Å²) in [6, 6.07) is 0. The summed E-state index contributed by atoms with van der Waals surface area (Å²) >= 11 is 0. The Bertz CT molecular complexity index is 395. The molecule has 126 valence electrons. The first-order chi connectivity index (χ1) is 10.5. The van der Waals surface area contributed by atoms with Crippen molar-refractivity contribution in [3.05, 3.63) is 0 Å². The second-order valence-electron chi connectivity index (χ2n) is 5.08. The summed E-state index contributed by atoms with van der Waals surface area (Å²) in [5.74, 6) is -2.24. The van der Waals surface area contributed by atoms with Gasteiger partial charge >= 0.3 is 17.8 Å². The maximum Gasteiger partial charge on any atom is 0.312 e. The van der Waals surface area contributed by atoms with E-state index in [9.17, 15) is 14.4 Å². The third-order valence-corrected chi connectivity index (χ3v) is 3.54. The fraction of sp³-hybridized carbons (Fsp3) is 0.786. The van der Waals surface area contributed by atoms with Gasteiger partial charge < -0.3 is 24.7 Å². The summed E-state index contributed by atoms with van der Waals surface area (Å²) in [5.41, 5.74) is 0. The molecule has 0 spiro atoms. The van der Waals surface area contributed by atoms with Crippen LogP contribution in [0.25, 0.3) is 0 Å². The van der Waals surface area contributed by atoms with Gasteiger partial charge in [-0.05, 0) is 19.8 Å². The number of rotatable bonds is 6. The van der Waals surface area contributed by atoms with Gasteiger partial charge in [0.15, 0.2) is 0 Å². The van der Waals surface area contributed by atoms with Crippen molar-refractivity contribution < 1.29 is 29.3 Å². The third-order valence-electron chi connectivity index (χ3n) is 3.54. The zero-order valence-corrected chi connectivity index (χ0v) is 12.9. The molecule has 8 heteroatoms. The average molecular weight is 316 g/mol. The van der Waals surface area contributed by atoms with Crippen LogP contribution in [0.1, 0.15) is 19.8 Å². The van der Waals surface area contributed by atoms with Gasteiger partial charge in [0.05, 0.1) is 25.7 Å². The van der Waals surface area contributed by atoms with Crippen LogP contribution in [0.15, 0.2) is 0 Å². The highest BCUT2D eigenvalue weighted by molar-refractivity contribution is 6.34. The van der Waals surface area contributed by atoms with Crippen molar-refractivity contribution in [1.82, 2.24) is 9.80 Å². The molecular formula is C14H24N2O6. The maximum absolute atomic E-state index is 12.2. The summed E-state index contributed by atoms with van der Waals surface area (Å²) in [5, 5.41) is 17.8. The average Bonchev–Trinajstić information content (AvgIpc) is 2.53. The number of esters is 1. The Hall–Kier alpha value is -1.67. The fourth-order valence-electron chi connectivity index (χ4n) is 2.44. The smallest absolute Gasteiger partial charge is 0.312 e. The summed E-state index contributed by atoms with van der Waals surface area (Å²) in [4.78, 5) is 38.6. The number of aliphatic hydroxyl groups excluding tert-OH is 2.